The molecule has 0 fully saturated rings. The molecule has 2 aromatic carbocycles. The molecule has 0 aliphatic carbocycles. The van der Waals surface area contributed by atoms with Gasteiger partial charge in [0.1, 0.15) is 17.2 Å². The fourth-order valence-corrected chi connectivity index (χ4v) is 3.06. The molecule has 1 aromatic heterocycles. The van der Waals surface area contributed by atoms with E-state index in [1.165, 1.54) is 0 Å². The number of allylic oxidation sites excluding steroid dienone is 1. The van der Waals surface area contributed by atoms with Gasteiger partial charge in [0.2, 0.25) is 5.88 Å². The topological polar surface area (TPSA) is 72.2 Å². The van der Waals surface area contributed by atoms with Crippen LogP contribution in [0.5, 0.6) is 5.75 Å². The first-order valence-electron chi connectivity index (χ1n) is 7.34. The van der Waals surface area contributed by atoms with Crippen LogP contribution in [-0.4, -0.2) is 0 Å². The van der Waals surface area contributed by atoms with Crippen LogP contribution in [0.3, 0.4) is 0 Å². The third kappa shape index (κ3) is 1.98. The smallest absolute Gasteiger partial charge is 0.206 e. The Kier molecular flexibility index (Phi) is 2.88. The molecular weight excluding hydrogens is 288 g/mol. The highest BCUT2D eigenvalue weighted by Gasteiger charge is 2.35. The second kappa shape index (κ2) is 4.92. The zero-order valence-electron chi connectivity index (χ0n) is 12.5. The van der Waals surface area contributed by atoms with Crippen LogP contribution in [0, 0.1) is 18.3 Å². The lowest BCUT2D eigenvalue weighted by Gasteiger charge is -2.22. The highest BCUT2D eigenvalue weighted by Crippen LogP contribution is 2.47. The Morgan fingerprint density at radius 3 is 2.74 bits per heavy atom. The van der Waals surface area contributed by atoms with E-state index in [-0.39, 0.29) is 11.8 Å². The maximum absolute atomic E-state index is 9.55. The van der Waals surface area contributed by atoms with E-state index in [0.29, 0.717) is 17.1 Å². The van der Waals surface area contributed by atoms with Crippen LogP contribution in [0.2, 0.25) is 0 Å². The van der Waals surface area contributed by atoms with Crippen molar-refractivity contribution < 1.29 is 9.15 Å². The van der Waals surface area contributed by atoms with E-state index < -0.39 is 0 Å². The second-order valence-corrected chi connectivity index (χ2v) is 5.63. The molecule has 0 amide bonds. The van der Waals surface area contributed by atoms with E-state index in [2.05, 4.69) is 6.07 Å². The predicted molar refractivity (Wildman–Crippen MR) is 86.7 cm³/mol. The zero-order chi connectivity index (χ0) is 16.0. The number of nitrogens with zero attached hydrogens (tertiary/aromatic N) is 1. The van der Waals surface area contributed by atoms with Crippen molar-refractivity contribution in [2.75, 3.05) is 0 Å². The number of nitriles is 1. The summed E-state index contributed by atoms with van der Waals surface area (Å²) >= 11 is 0. The van der Waals surface area contributed by atoms with Crippen molar-refractivity contribution in [3.05, 3.63) is 76.9 Å². The summed E-state index contributed by atoms with van der Waals surface area (Å²) in [6.45, 7) is 2.02. The molecule has 1 unspecified atom stereocenters. The Morgan fingerprint density at radius 1 is 1.13 bits per heavy atom. The van der Waals surface area contributed by atoms with Crippen molar-refractivity contribution in [3.8, 4) is 11.8 Å². The third-order valence-corrected chi connectivity index (χ3v) is 4.10. The minimum atomic E-state index is -0.351. The molecule has 0 bridgehead atoms. The molecule has 0 saturated carbocycles. The van der Waals surface area contributed by atoms with Gasteiger partial charge in [-0.25, -0.2) is 0 Å². The highest BCUT2D eigenvalue weighted by atomic mass is 16.5. The molecule has 0 radical (unpaired) electrons. The number of rotatable bonds is 1. The minimum Gasteiger partial charge on any atom is -0.456 e. The third-order valence-electron chi connectivity index (χ3n) is 4.10. The molecular formula is C19H14N2O2. The molecule has 2 heterocycles. The second-order valence-electron chi connectivity index (χ2n) is 5.63. The van der Waals surface area contributed by atoms with Crippen molar-refractivity contribution in [1.82, 2.24) is 0 Å². The van der Waals surface area contributed by atoms with Gasteiger partial charge in [0.25, 0.3) is 0 Å². The summed E-state index contributed by atoms with van der Waals surface area (Å²) in [5, 5.41) is 10.4. The number of aryl methyl sites for hydroxylation is 1. The van der Waals surface area contributed by atoms with Gasteiger partial charge in [-0.1, -0.05) is 42.0 Å². The van der Waals surface area contributed by atoms with E-state index in [4.69, 9.17) is 14.9 Å². The van der Waals surface area contributed by atoms with Crippen LogP contribution in [-0.2, 0) is 0 Å². The molecule has 4 heteroatoms. The Morgan fingerprint density at radius 2 is 1.96 bits per heavy atom. The number of hydrogen-bond donors (Lipinski definition) is 1. The highest BCUT2D eigenvalue weighted by molar-refractivity contribution is 5.87. The Balaban J connectivity index is 2.02. The van der Waals surface area contributed by atoms with Crippen LogP contribution in [0.15, 0.2) is 64.4 Å². The van der Waals surface area contributed by atoms with Crippen LogP contribution < -0.4 is 10.5 Å². The number of fused-ring (bicyclic) bond motifs is 3. The Labute approximate surface area is 133 Å². The number of para-hydroxylation sites is 1. The molecule has 3 aromatic rings. The summed E-state index contributed by atoms with van der Waals surface area (Å²) in [5.41, 5.74) is 9.19. The molecule has 4 rings (SSSR count). The van der Waals surface area contributed by atoms with E-state index >= 15 is 0 Å². The van der Waals surface area contributed by atoms with Gasteiger partial charge in [0, 0.05) is 0 Å². The first-order valence-corrected chi connectivity index (χ1v) is 7.34. The summed E-state index contributed by atoms with van der Waals surface area (Å²) < 4.78 is 11.7. The van der Waals surface area contributed by atoms with Crippen LogP contribution in [0.4, 0.5) is 0 Å². The van der Waals surface area contributed by atoms with Crippen molar-refractivity contribution in [2.45, 2.75) is 12.8 Å². The zero-order valence-corrected chi connectivity index (χ0v) is 12.5. The molecule has 1 aliphatic heterocycles. The molecule has 2 N–H and O–H groups in total. The van der Waals surface area contributed by atoms with Gasteiger partial charge < -0.3 is 14.9 Å². The van der Waals surface area contributed by atoms with E-state index in [9.17, 15) is 5.26 Å². The first-order chi connectivity index (χ1) is 11.2. The van der Waals surface area contributed by atoms with E-state index in [1.54, 1.807) is 0 Å². The maximum Gasteiger partial charge on any atom is 0.206 e. The van der Waals surface area contributed by atoms with Crippen LogP contribution >= 0.6 is 0 Å². The van der Waals surface area contributed by atoms with Gasteiger partial charge in [-0.05, 0) is 24.6 Å². The molecule has 4 nitrogen and oxygen atoms in total. The fourth-order valence-electron chi connectivity index (χ4n) is 3.06. The predicted octanol–water partition coefficient (Wildman–Crippen LogP) is 3.96. The SMILES string of the molecule is Cc1cccc(C2C(C#N)=C(N)Oc3c2oc2ccccc32)c1. The van der Waals surface area contributed by atoms with Crippen molar-refractivity contribution >= 4 is 11.0 Å². The largest absolute Gasteiger partial charge is 0.456 e. The number of ether oxygens (including phenoxy) is 1. The number of hydrogen-bond acceptors (Lipinski definition) is 4. The molecule has 0 saturated heterocycles. The summed E-state index contributed by atoms with van der Waals surface area (Å²) in [7, 11) is 0. The van der Waals surface area contributed by atoms with Crippen LogP contribution in [0.1, 0.15) is 22.8 Å². The molecule has 1 aliphatic rings. The molecule has 112 valence electrons. The molecule has 0 spiro atoms. The van der Waals surface area contributed by atoms with E-state index in [0.717, 1.165) is 22.1 Å². The molecule has 1 atom stereocenters. The van der Waals surface area contributed by atoms with Gasteiger partial charge in [0.05, 0.1) is 11.3 Å². The average molecular weight is 302 g/mol. The Hall–Kier alpha value is -3.19. The average Bonchev–Trinajstić information content (AvgIpc) is 2.91. The first kappa shape index (κ1) is 13.5. The monoisotopic (exact) mass is 302 g/mol. The Bertz CT molecular complexity index is 992. The summed E-state index contributed by atoms with van der Waals surface area (Å²) in [6, 6.07) is 17.8. The quantitative estimate of drug-likeness (QED) is 0.738. The number of furan rings is 1. The summed E-state index contributed by atoms with van der Waals surface area (Å²) in [5.74, 6) is 1.01. The number of nitrogens with two attached hydrogens (primary N) is 1. The summed E-state index contributed by atoms with van der Waals surface area (Å²) in [4.78, 5) is 0. The minimum absolute atomic E-state index is 0.137. The van der Waals surface area contributed by atoms with Crippen molar-refractivity contribution in [2.24, 2.45) is 5.73 Å². The van der Waals surface area contributed by atoms with Crippen molar-refractivity contribution in [3.63, 3.8) is 0 Å². The lowest BCUT2D eigenvalue weighted by molar-refractivity contribution is 0.372. The standard InChI is InChI=1S/C19H14N2O2/c1-11-5-4-6-12(9-11)16-14(10-20)19(21)23-17-13-7-2-3-8-15(13)22-18(16)17/h2-9,16H,21H2,1H3. The van der Waals surface area contributed by atoms with Gasteiger partial charge >= 0.3 is 0 Å². The van der Waals surface area contributed by atoms with E-state index in [1.807, 2.05) is 55.5 Å². The lowest BCUT2D eigenvalue weighted by atomic mass is 9.87. The molecule has 23 heavy (non-hydrogen) atoms. The number of benzene rings is 2. The fraction of sp³-hybridized carbons (Fsp3) is 0.105. The van der Waals surface area contributed by atoms with Crippen molar-refractivity contribution in [1.29, 1.82) is 5.26 Å². The normalized spacial score (nSPS) is 16.8. The lowest BCUT2D eigenvalue weighted by Crippen LogP contribution is -2.20. The van der Waals surface area contributed by atoms with Gasteiger partial charge in [0.15, 0.2) is 11.5 Å². The van der Waals surface area contributed by atoms with Crippen LogP contribution in [0.25, 0.3) is 11.0 Å². The summed E-state index contributed by atoms with van der Waals surface area (Å²) in [6.07, 6.45) is 0. The van der Waals surface area contributed by atoms with Gasteiger partial charge in [-0.15, -0.1) is 0 Å². The van der Waals surface area contributed by atoms with Gasteiger partial charge in [-0.2, -0.15) is 5.26 Å². The van der Waals surface area contributed by atoms with Gasteiger partial charge in [-0.3, -0.25) is 0 Å². The maximum atomic E-state index is 9.55.